The van der Waals surface area contributed by atoms with Crippen molar-refractivity contribution in [3.05, 3.63) is 94.3 Å². The molecule has 0 saturated heterocycles. The zero-order valence-corrected chi connectivity index (χ0v) is 25.0. The second-order valence-corrected chi connectivity index (χ2v) is 12.5. The third kappa shape index (κ3) is 3.86. The Hall–Kier alpha value is -4.51. The smallest absolute Gasteiger partial charge is 0.227 e. The molecule has 0 saturated carbocycles. The Bertz CT molecular complexity index is 2170. The van der Waals surface area contributed by atoms with Gasteiger partial charge in [0, 0.05) is 33.0 Å². The van der Waals surface area contributed by atoms with Gasteiger partial charge in [-0.1, -0.05) is 44.5 Å². The first-order chi connectivity index (χ1) is 19.5. The van der Waals surface area contributed by atoms with Crippen molar-refractivity contribution in [2.45, 2.75) is 60.8 Å². The SMILES string of the molecule is Cc1cc(C)c(-n2c(-c3ccc(C)c4c3oc3nc(C(C)(C)C)ccc34)nc3ccc4nc(C)ccc4c32)c(C)c1. The van der Waals surface area contributed by atoms with Crippen LogP contribution in [0.3, 0.4) is 0 Å². The summed E-state index contributed by atoms with van der Waals surface area (Å²) >= 11 is 0. The van der Waals surface area contributed by atoms with Gasteiger partial charge in [0.25, 0.3) is 0 Å². The van der Waals surface area contributed by atoms with E-state index in [1.165, 1.54) is 16.7 Å². The number of hydrogen-bond donors (Lipinski definition) is 0. The standard InChI is InChI=1S/C36H34N4O/c1-19-17-21(3)31(22(4)18-19)40-32-24-12-10-23(5)37-27(24)14-15-28(32)38-34(40)26-11-9-20(2)30-25-13-16-29(36(6,7)8)39-35(25)41-33(26)30/h9-18H,1-8H3. The van der Waals surface area contributed by atoms with Gasteiger partial charge in [-0.2, -0.15) is 0 Å². The number of furan rings is 1. The molecule has 3 aromatic carbocycles. The molecule has 204 valence electrons. The van der Waals surface area contributed by atoms with E-state index in [4.69, 9.17) is 19.4 Å². The van der Waals surface area contributed by atoms with Gasteiger partial charge >= 0.3 is 0 Å². The van der Waals surface area contributed by atoms with Gasteiger partial charge in [-0.25, -0.2) is 9.97 Å². The van der Waals surface area contributed by atoms with Gasteiger partial charge in [-0.15, -0.1) is 0 Å². The molecule has 0 fully saturated rings. The van der Waals surface area contributed by atoms with Gasteiger partial charge in [-0.3, -0.25) is 9.55 Å². The lowest BCUT2D eigenvalue weighted by atomic mass is 9.91. The lowest BCUT2D eigenvalue weighted by Crippen LogP contribution is -2.12. The predicted molar refractivity (Wildman–Crippen MR) is 169 cm³/mol. The number of rotatable bonds is 2. The third-order valence-electron chi connectivity index (χ3n) is 8.19. The first kappa shape index (κ1) is 25.5. The van der Waals surface area contributed by atoms with Crippen molar-refractivity contribution < 1.29 is 4.42 Å². The fourth-order valence-electron chi connectivity index (χ4n) is 6.32. The van der Waals surface area contributed by atoms with Crippen LogP contribution in [-0.2, 0) is 5.41 Å². The van der Waals surface area contributed by atoms with E-state index in [9.17, 15) is 0 Å². The van der Waals surface area contributed by atoms with E-state index >= 15 is 0 Å². The molecule has 5 nitrogen and oxygen atoms in total. The predicted octanol–water partition coefficient (Wildman–Crippen LogP) is 9.37. The number of aryl methyl sites for hydroxylation is 5. The molecule has 0 radical (unpaired) electrons. The Morgan fingerprint density at radius 1 is 0.683 bits per heavy atom. The molecular weight excluding hydrogens is 504 g/mol. The molecule has 0 aliphatic heterocycles. The fraction of sp³-hybridized carbons (Fsp3) is 0.250. The molecule has 0 aliphatic carbocycles. The molecule has 7 rings (SSSR count). The summed E-state index contributed by atoms with van der Waals surface area (Å²) in [5, 5.41) is 3.20. The summed E-state index contributed by atoms with van der Waals surface area (Å²) in [6.45, 7) is 17.2. The zero-order chi connectivity index (χ0) is 28.8. The molecule has 7 aromatic rings. The van der Waals surface area contributed by atoms with Crippen LogP contribution in [0, 0.1) is 34.6 Å². The number of nitrogens with zero attached hydrogens (tertiary/aromatic N) is 4. The minimum absolute atomic E-state index is 0.0764. The number of pyridine rings is 2. The zero-order valence-electron chi connectivity index (χ0n) is 25.0. The van der Waals surface area contributed by atoms with E-state index in [1.807, 2.05) is 6.92 Å². The van der Waals surface area contributed by atoms with E-state index < -0.39 is 0 Å². The second kappa shape index (κ2) is 8.74. The summed E-state index contributed by atoms with van der Waals surface area (Å²) in [5.41, 5.74) is 13.2. The monoisotopic (exact) mass is 538 g/mol. The Balaban J connectivity index is 1.64. The number of imidazole rings is 1. The highest BCUT2D eigenvalue weighted by Crippen LogP contribution is 2.41. The highest BCUT2D eigenvalue weighted by Gasteiger charge is 2.25. The topological polar surface area (TPSA) is 56.7 Å². The molecule has 0 atom stereocenters. The lowest BCUT2D eigenvalue weighted by molar-refractivity contribution is 0.562. The molecule has 0 bridgehead atoms. The van der Waals surface area contributed by atoms with Crippen molar-refractivity contribution in [1.82, 2.24) is 19.5 Å². The molecule has 0 N–H and O–H groups in total. The maximum Gasteiger partial charge on any atom is 0.227 e. The van der Waals surface area contributed by atoms with E-state index in [-0.39, 0.29) is 5.41 Å². The summed E-state index contributed by atoms with van der Waals surface area (Å²) in [6, 6.07) is 21.5. The Morgan fingerprint density at radius 2 is 1.39 bits per heavy atom. The first-order valence-corrected chi connectivity index (χ1v) is 14.2. The minimum atomic E-state index is -0.0764. The molecule has 0 aliphatic rings. The van der Waals surface area contributed by atoms with Crippen molar-refractivity contribution in [3.63, 3.8) is 0 Å². The van der Waals surface area contributed by atoms with E-state index in [1.54, 1.807) is 0 Å². The second-order valence-electron chi connectivity index (χ2n) is 12.5. The van der Waals surface area contributed by atoms with Crippen LogP contribution in [0.15, 0.2) is 65.1 Å². The average molecular weight is 539 g/mol. The maximum atomic E-state index is 6.65. The van der Waals surface area contributed by atoms with E-state index in [0.29, 0.717) is 5.71 Å². The third-order valence-corrected chi connectivity index (χ3v) is 8.19. The normalized spacial score (nSPS) is 12.4. The highest BCUT2D eigenvalue weighted by atomic mass is 16.3. The van der Waals surface area contributed by atoms with Crippen LogP contribution in [-0.4, -0.2) is 19.5 Å². The number of hydrogen-bond acceptors (Lipinski definition) is 4. The van der Waals surface area contributed by atoms with Crippen LogP contribution in [0.1, 0.15) is 54.4 Å². The number of benzene rings is 3. The van der Waals surface area contributed by atoms with Gasteiger partial charge < -0.3 is 4.42 Å². The Morgan fingerprint density at radius 3 is 2.12 bits per heavy atom. The van der Waals surface area contributed by atoms with Crippen LogP contribution in [0.25, 0.3) is 61.1 Å². The Kier molecular flexibility index (Phi) is 5.43. The van der Waals surface area contributed by atoms with Crippen LogP contribution in [0.5, 0.6) is 0 Å². The summed E-state index contributed by atoms with van der Waals surface area (Å²) in [7, 11) is 0. The van der Waals surface area contributed by atoms with Crippen molar-refractivity contribution in [3.8, 4) is 17.1 Å². The highest BCUT2D eigenvalue weighted by molar-refractivity contribution is 6.11. The Labute approximate surface area is 239 Å². The van der Waals surface area contributed by atoms with Crippen LogP contribution < -0.4 is 0 Å². The van der Waals surface area contributed by atoms with Gasteiger partial charge in [0.1, 0.15) is 11.4 Å². The van der Waals surface area contributed by atoms with Gasteiger partial charge in [0.05, 0.1) is 27.8 Å². The molecule has 4 aromatic heterocycles. The summed E-state index contributed by atoms with van der Waals surface area (Å²) in [4.78, 5) is 15.1. The van der Waals surface area contributed by atoms with Crippen LogP contribution in [0.4, 0.5) is 0 Å². The minimum Gasteiger partial charge on any atom is -0.437 e. The molecule has 41 heavy (non-hydrogen) atoms. The van der Waals surface area contributed by atoms with Crippen molar-refractivity contribution >= 4 is 44.0 Å². The molecule has 0 unspecified atom stereocenters. The molecule has 5 heteroatoms. The maximum absolute atomic E-state index is 6.65. The molecular formula is C36H34N4O. The summed E-state index contributed by atoms with van der Waals surface area (Å²) in [5.74, 6) is 0.850. The van der Waals surface area contributed by atoms with Crippen molar-refractivity contribution in [2.24, 2.45) is 0 Å². The van der Waals surface area contributed by atoms with Crippen LogP contribution >= 0.6 is 0 Å². The summed E-state index contributed by atoms with van der Waals surface area (Å²) in [6.07, 6.45) is 0. The number of aromatic nitrogens is 4. The summed E-state index contributed by atoms with van der Waals surface area (Å²) < 4.78 is 8.97. The average Bonchev–Trinajstić information content (AvgIpc) is 3.47. The number of fused-ring (bicyclic) bond motifs is 6. The van der Waals surface area contributed by atoms with Gasteiger partial charge in [0.15, 0.2) is 0 Å². The van der Waals surface area contributed by atoms with Crippen LogP contribution in [0.2, 0.25) is 0 Å². The molecule has 0 spiro atoms. The first-order valence-electron chi connectivity index (χ1n) is 14.2. The quantitative estimate of drug-likeness (QED) is 0.220. The van der Waals surface area contributed by atoms with Crippen molar-refractivity contribution in [1.29, 1.82) is 0 Å². The van der Waals surface area contributed by atoms with E-state index in [0.717, 1.165) is 72.3 Å². The van der Waals surface area contributed by atoms with E-state index in [2.05, 4.69) is 114 Å². The van der Waals surface area contributed by atoms with Crippen molar-refractivity contribution in [2.75, 3.05) is 0 Å². The fourth-order valence-corrected chi connectivity index (χ4v) is 6.32. The lowest BCUT2D eigenvalue weighted by Gasteiger charge is -2.17. The molecule has 4 heterocycles. The van der Waals surface area contributed by atoms with Gasteiger partial charge in [0.2, 0.25) is 5.71 Å². The largest absolute Gasteiger partial charge is 0.437 e. The molecule has 0 amide bonds. The van der Waals surface area contributed by atoms with Gasteiger partial charge in [-0.05, 0) is 93.8 Å².